The highest BCUT2D eigenvalue weighted by Gasteiger charge is 2.28. The molecular formula is C15H28N4O2. The van der Waals surface area contributed by atoms with Crippen LogP contribution in [0.25, 0.3) is 0 Å². The number of hydrogen-bond acceptors (Lipinski definition) is 4. The van der Waals surface area contributed by atoms with Gasteiger partial charge in [0.25, 0.3) is 0 Å². The van der Waals surface area contributed by atoms with E-state index in [4.69, 9.17) is 5.73 Å². The van der Waals surface area contributed by atoms with E-state index < -0.39 is 0 Å². The van der Waals surface area contributed by atoms with E-state index in [1.165, 1.54) is 4.90 Å². The molecule has 1 heterocycles. The van der Waals surface area contributed by atoms with Crippen LogP contribution in [0.4, 0.5) is 0 Å². The zero-order chi connectivity index (χ0) is 15.4. The maximum atomic E-state index is 12.3. The number of amides is 2. The molecule has 0 radical (unpaired) electrons. The first-order valence-corrected chi connectivity index (χ1v) is 7.97. The number of carbonyl (C=O) groups is 2. The molecule has 2 unspecified atom stereocenters. The minimum absolute atomic E-state index is 0.00506. The predicted octanol–water partition coefficient (Wildman–Crippen LogP) is -0.217. The Labute approximate surface area is 127 Å². The van der Waals surface area contributed by atoms with E-state index in [2.05, 4.69) is 17.1 Å². The molecule has 0 bridgehead atoms. The molecule has 120 valence electrons. The number of likely N-dealkylation sites (N-methyl/N-ethyl adjacent to an activating group) is 1. The predicted molar refractivity (Wildman–Crippen MR) is 81.6 cm³/mol. The molecule has 2 fully saturated rings. The number of nitrogens with zero attached hydrogens (tertiary/aromatic N) is 2. The minimum atomic E-state index is -0.0557. The molecule has 2 rings (SSSR count). The van der Waals surface area contributed by atoms with Crippen molar-refractivity contribution in [2.45, 2.75) is 44.7 Å². The summed E-state index contributed by atoms with van der Waals surface area (Å²) in [5.74, 6) is 0.433. The fraction of sp³-hybridized carbons (Fsp3) is 0.867. The number of nitrogens with two attached hydrogens (primary N) is 1. The van der Waals surface area contributed by atoms with Crippen LogP contribution in [-0.4, -0.2) is 66.9 Å². The summed E-state index contributed by atoms with van der Waals surface area (Å²) in [6, 6.07) is 0.749. The molecule has 0 aromatic rings. The lowest BCUT2D eigenvalue weighted by Crippen LogP contribution is -2.49. The summed E-state index contributed by atoms with van der Waals surface area (Å²) in [6.45, 7) is 4.24. The normalized spacial score (nSPS) is 26.4. The van der Waals surface area contributed by atoms with Gasteiger partial charge in [-0.15, -0.1) is 0 Å². The van der Waals surface area contributed by atoms with E-state index in [9.17, 15) is 9.59 Å². The van der Waals surface area contributed by atoms with Crippen molar-refractivity contribution in [1.82, 2.24) is 15.1 Å². The lowest BCUT2D eigenvalue weighted by atomic mass is 9.93. The van der Waals surface area contributed by atoms with Crippen molar-refractivity contribution in [1.29, 1.82) is 0 Å². The fourth-order valence-corrected chi connectivity index (χ4v) is 2.77. The minimum Gasteiger partial charge on any atom is -0.352 e. The molecular weight excluding hydrogens is 268 g/mol. The Bertz CT molecular complexity index is 384. The van der Waals surface area contributed by atoms with Crippen molar-refractivity contribution in [2.24, 2.45) is 11.7 Å². The lowest BCUT2D eigenvalue weighted by Gasteiger charge is -2.37. The van der Waals surface area contributed by atoms with Crippen molar-refractivity contribution in [3.8, 4) is 0 Å². The fourth-order valence-electron chi connectivity index (χ4n) is 2.77. The van der Waals surface area contributed by atoms with Gasteiger partial charge in [0.2, 0.25) is 11.8 Å². The molecule has 0 aromatic carbocycles. The lowest BCUT2D eigenvalue weighted by molar-refractivity contribution is -0.136. The van der Waals surface area contributed by atoms with Crippen LogP contribution in [0.2, 0.25) is 0 Å². The SMILES string of the molecule is CC1CCC(CN)CN1CC(=O)N(C)CC(=O)NC1CC1. The molecule has 2 amide bonds. The number of nitrogens with one attached hydrogen (secondary N) is 1. The molecule has 1 saturated heterocycles. The number of likely N-dealkylation sites (tertiary alicyclic amines) is 1. The molecule has 1 aliphatic carbocycles. The molecule has 21 heavy (non-hydrogen) atoms. The third-order valence-corrected chi connectivity index (χ3v) is 4.53. The van der Waals surface area contributed by atoms with Crippen LogP contribution in [0, 0.1) is 5.92 Å². The topological polar surface area (TPSA) is 78.7 Å². The summed E-state index contributed by atoms with van der Waals surface area (Å²) in [6.07, 6.45) is 4.35. The monoisotopic (exact) mass is 296 g/mol. The Balaban J connectivity index is 1.77. The molecule has 6 nitrogen and oxygen atoms in total. The Morgan fingerprint density at radius 1 is 1.29 bits per heavy atom. The van der Waals surface area contributed by atoms with Gasteiger partial charge in [-0.2, -0.15) is 0 Å². The Morgan fingerprint density at radius 2 is 2.00 bits per heavy atom. The summed E-state index contributed by atoms with van der Waals surface area (Å²) in [5, 5.41) is 2.91. The maximum Gasteiger partial charge on any atom is 0.239 e. The van der Waals surface area contributed by atoms with Crippen LogP contribution in [-0.2, 0) is 9.59 Å². The smallest absolute Gasteiger partial charge is 0.239 e. The van der Waals surface area contributed by atoms with E-state index in [-0.39, 0.29) is 18.4 Å². The molecule has 3 N–H and O–H groups in total. The average Bonchev–Trinajstić information content (AvgIpc) is 3.24. The first-order valence-electron chi connectivity index (χ1n) is 7.97. The van der Waals surface area contributed by atoms with Crippen LogP contribution < -0.4 is 11.1 Å². The van der Waals surface area contributed by atoms with Crippen LogP contribution in [0.3, 0.4) is 0 Å². The van der Waals surface area contributed by atoms with Gasteiger partial charge >= 0.3 is 0 Å². The Hall–Kier alpha value is -1.14. The molecule has 1 aliphatic heterocycles. The number of hydrogen-bond donors (Lipinski definition) is 2. The van der Waals surface area contributed by atoms with E-state index in [0.29, 0.717) is 31.1 Å². The Kier molecular flexibility index (Phi) is 5.58. The third kappa shape index (κ3) is 4.97. The number of rotatable bonds is 6. The summed E-state index contributed by atoms with van der Waals surface area (Å²) in [5.41, 5.74) is 5.74. The van der Waals surface area contributed by atoms with Gasteiger partial charge in [0.1, 0.15) is 0 Å². The summed E-state index contributed by atoms with van der Waals surface area (Å²) < 4.78 is 0. The second-order valence-electron chi connectivity index (χ2n) is 6.55. The highest BCUT2D eigenvalue weighted by Crippen LogP contribution is 2.21. The van der Waals surface area contributed by atoms with Gasteiger partial charge < -0.3 is 16.0 Å². The molecule has 0 spiro atoms. The second-order valence-corrected chi connectivity index (χ2v) is 6.55. The van der Waals surface area contributed by atoms with Gasteiger partial charge in [0.15, 0.2) is 0 Å². The average molecular weight is 296 g/mol. The molecule has 0 aromatic heterocycles. The van der Waals surface area contributed by atoms with E-state index in [0.717, 1.165) is 32.2 Å². The molecule has 6 heteroatoms. The molecule has 2 aliphatic rings. The van der Waals surface area contributed by atoms with Crippen LogP contribution in [0.15, 0.2) is 0 Å². The second kappa shape index (κ2) is 7.22. The first kappa shape index (κ1) is 16.2. The number of piperidine rings is 1. The maximum absolute atomic E-state index is 12.3. The highest BCUT2D eigenvalue weighted by molar-refractivity contribution is 5.85. The van der Waals surface area contributed by atoms with Crippen molar-refractivity contribution in [3.05, 3.63) is 0 Å². The van der Waals surface area contributed by atoms with E-state index in [1.807, 2.05) is 0 Å². The van der Waals surface area contributed by atoms with Crippen molar-refractivity contribution in [2.75, 3.05) is 33.2 Å². The summed E-state index contributed by atoms with van der Waals surface area (Å²) in [7, 11) is 1.70. The summed E-state index contributed by atoms with van der Waals surface area (Å²) >= 11 is 0. The third-order valence-electron chi connectivity index (χ3n) is 4.53. The summed E-state index contributed by atoms with van der Waals surface area (Å²) in [4.78, 5) is 27.7. The van der Waals surface area contributed by atoms with Gasteiger partial charge in [0, 0.05) is 25.7 Å². The van der Waals surface area contributed by atoms with Gasteiger partial charge in [-0.3, -0.25) is 14.5 Å². The molecule has 1 saturated carbocycles. The van der Waals surface area contributed by atoms with Gasteiger partial charge in [-0.05, 0) is 45.1 Å². The molecule has 2 atom stereocenters. The zero-order valence-corrected chi connectivity index (χ0v) is 13.2. The quantitative estimate of drug-likeness (QED) is 0.710. The first-order chi connectivity index (χ1) is 9.99. The van der Waals surface area contributed by atoms with E-state index in [1.54, 1.807) is 7.05 Å². The van der Waals surface area contributed by atoms with Crippen molar-refractivity contribution >= 4 is 11.8 Å². The van der Waals surface area contributed by atoms with Gasteiger partial charge in [-0.1, -0.05) is 0 Å². The van der Waals surface area contributed by atoms with Crippen LogP contribution in [0.5, 0.6) is 0 Å². The standard InChI is InChI=1S/C15H28N4O2/c1-11-3-4-12(7-16)8-19(11)10-15(21)18(2)9-14(20)17-13-5-6-13/h11-13H,3-10,16H2,1-2H3,(H,17,20). The largest absolute Gasteiger partial charge is 0.352 e. The van der Waals surface area contributed by atoms with Gasteiger partial charge in [-0.25, -0.2) is 0 Å². The van der Waals surface area contributed by atoms with Gasteiger partial charge in [0.05, 0.1) is 13.1 Å². The van der Waals surface area contributed by atoms with Crippen LogP contribution >= 0.6 is 0 Å². The van der Waals surface area contributed by atoms with Crippen molar-refractivity contribution < 1.29 is 9.59 Å². The zero-order valence-electron chi connectivity index (χ0n) is 13.2. The van der Waals surface area contributed by atoms with Crippen molar-refractivity contribution in [3.63, 3.8) is 0 Å². The van der Waals surface area contributed by atoms with Crippen LogP contribution in [0.1, 0.15) is 32.6 Å². The highest BCUT2D eigenvalue weighted by atomic mass is 16.2. The Morgan fingerprint density at radius 3 is 2.62 bits per heavy atom. The number of carbonyl (C=O) groups excluding carboxylic acids is 2. The van der Waals surface area contributed by atoms with E-state index >= 15 is 0 Å².